The van der Waals surface area contributed by atoms with Gasteiger partial charge in [0.1, 0.15) is 11.5 Å². The average molecular weight is 576 g/mol. The number of sulfonamides is 1. The number of alkyl halides is 3. The largest absolute Gasteiger partial charge is 0.496 e. The van der Waals surface area contributed by atoms with Crippen LogP contribution < -0.4 is 14.8 Å². The fourth-order valence-electron chi connectivity index (χ4n) is 3.62. The van der Waals surface area contributed by atoms with Crippen LogP contribution in [0.25, 0.3) is 0 Å². The van der Waals surface area contributed by atoms with Crippen LogP contribution in [0.1, 0.15) is 18.9 Å². The van der Waals surface area contributed by atoms with Crippen molar-refractivity contribution < 1.29 is 45.8 Å². The molecule has 39 heavy (non-hydrogen) atoms. The van der Waals surface area contributed by atoms with E-state index in [0.717, 1.165) is 18.7 Å². The number of aliphatic carboxylic acids is 1. The van der Waals surface area contributed by atoms with E-state index in [9.17, 15) is 26.4 Å². The zero-order chi connectivity index (χ0) is 29.1. The molecule has 1 amide bonds. The normalized spacial score (nSPS) is 13.8. The molecule has 0 aromatic heterocycles. The molecule has 1 saturated heterocycles. The lowest BCUT2D eigenvalue weighted by molar-refractivity contribution is -0.192. The third-order valence-electron chi connectivity index (χ3n) is 5.60. The molecule has 2 N–H and O–H groups in total. The quantitative estimate of drug-likeness (QED) is 0.443. The van der Waals surface area contributed by atoms with E-state index in [1.54, 1.807) is 30.2 Å². The summed E-state index contributed by atoms with van der Waals surface area (Å²) in [6.07, 6.45) is -4.97. The van der Waals surface area contributed by atoms with E-state index in [2.05, 4.69) is 5.32 Å². The van der Waals surface area contributed by atoms with Gasteiger partial charge in [0.05, 0.1) is 18.6 Å². The van der Waals surface area contributed by atoms with E-state index in [4.69, 9.17) is 19.4 Å². The van der Waals surface area contributed by atoms with Crippen molar-refractivity contribution in [2.24, 2.45) is 0 Å². The number of carboxylic acids is 1. The van der Waals surface area contributed by atoms with Crippen molar-refractivity contribution in [3.63, 3.8) is 0 Å². The van der Waals surface area contributed by atoms with Gasteiger partial charge in [-0.3, -0.25) is 4.79 Å². The number of ether oxygens (including phenoxy) is 2. The number of para-hydroxylation sites is 1. The van der Waals surface area contributed by atoms with E-state index in [1.807, 2.05) is 25.1 Å². The van der Waals surface area contributed by atoms with Crippen molar-refractivity contribution in [1.82, 2.24) is 14.5 Å². The number of piperazine rings is 1. The van der Waals surface area contributed by atoms with Crippen molar-refractivity contribution in [3.05, 3.63) is 54.1 Å². The molecule has 10 nitrogen and oxygen atoms in total. The van der Waals surface area contributed by atoms with Gasteiger partial charge in [-0.15, -0.1) is 0 Å². The maximum atomic E-state index is 13.5. The highest BCUT2D eigenvalue weighted by molar-refractivity contribution is 7.89. The maximum Gasteiger partial charge on any atom is 0.490 e. The Bertz CT molecular complexity index is 1190. The number of methoxy groups -OCH3 is 1. The number of nitrogens with zero attached hydrogens (tertiary/aromatic N) is 2. The summed E-state index contributed by atoms with van der Waals surface area (Å²) in [4.78, 5) is 23.5. The molecule has 0 radical (unpaired) electrons. The highest BCUT2D eigenvalue weighted by atomic mass is 32.2. The first-order valence-corrected chi connectivity index (χ1v) is 13.5. The molecular weight excluding hydrogens is 543 g/mol. The van der Waals surface area contributed by atoms with Crippen LogP contribution in [0.5, 0.6) is 11.5 Å². The molecule has 3 rings (SSSR count). The Labute approximate surface area is 225 Å². The van der Waals surface area contributed by atoms with Gasteiger partial charge in [-0.25, -0.2) is 13.2 Å². The van der Waals surface area contributed by atoms with Crippen molar-refractivity contribution in [1.29, 1.82) is 0 Å². The van der Waals surface area contributed by atoms with Gasteiger partial charge in [0.2, 0.25) is 15.9 Å². The van der Waals surface area contributed by atoms with Crippen LogP contribution in [0, 0.1) is 0 Å². The predicted molar refractivity (Wildman–Crippen MR) is 136 cm³/mol. The van der Waals surface area contributed by atoms with Crippen LogP contribution in [0.3, 0.4) is 0 Å². The Hall–Kier alpha value is -3.36. The highest BCUT2D eigenvalue weighted by Gasteiger charge is 2.38. The first-order valence-electron chi connectivity index (χ1n) is 12.0. The number of benzene rings is 2. The molecule has 0 aliphatic carbocycles. The van der Waals surface area contributed by atoms with Gasteiger partial charge in [0, 0.05) is 51.3 Å². The molecule has 0 atom stereocenters. The summed E-state index contributed by atoms with van der Waals surface area (Å²) >= 11 is 0. The number of carbonyl (C=O) groups is 2. The molecule has 2 aromatic carbocycles. The number of halogens is 3. The predicted octanol–water partition coefficient (Wildman–Crippen LogP) is 2.74. The molecule has 0 unspecified atom stereocenters. The highest BCUT2D eigenvalue weighted by Crippen LogP contribution is 2.25. The number of carboxylic acid groups (broad SMARTS) is 1. The van der Waals surface area contributed by atoms with Crippen molar-refractivity contribution in [2.75, 3.05) is 46.4 Å². The van der Waals surface area contributed by atoms with E-state index >= 15 is 0 Å². The topological polar surface area (TPSA) is 125 Å². The molecule has 0 bridgehead atoms. The fraction of sp³-hybridized carbons (Fsp3) is 0.440. The second kappa shape index (κ2) is 14.7. The SMILES string of the molecule is CCOc1ccc(S(=O)(=O)N(CCC(=O)N2CCNCC2)Cc2ccccc2OC)cc1.O=C(O)C(F)(F)F. The molecule has 216 valence electrons. The fourth-order valence-corrected chi connectivity index (χ4v) is 5.04. The molecule has 1 heterocycles. The van der Waals surface area contributed by atoms with Crippen molar-refractivity contribution >= 4 is 21.9 Å². The summed E-state index contributed by atoms with van der Waals surface area (Å²) in [5, 5.41) is 10.3. The van der Waals surface area contributed by atoms with Crippen molar-refractivity contribution in [3.8, 4) is 11.5 Å². The maximum absolute atomic E-state index is 13.5. The molecule has 0 spiro atoms. The minimum absolute atomic E-state index is 0.0431. The van der Waals surface area contributed by atoms with Gasteiger partial charge in [0.15, 0.2) is 0 Å². The Morgan fingerprint density at radius 3 is 2.21 bits per heavy atom. The van der Waals surface area contributed by atoms with Crippen LogP contribution in [0.4, 0.5) is 13.2 Å². The van der Waals surface area contributed by atoms with E-state index in [-0.39, 0.29) is 30.3 Å². The lowest BCUT2D eigenvalue weighted by atomic mass is 10.2. The first-order chi connectivity index (χ1) is 18.4. The zero-order valence-corrected chi connectivity index (χ0v) is 22.4. The van der Waals surface area contributed by atoms with Gasteiger partial charge < -0.3 is 24.8 Å². The monoisotopic (exact) mass is 575 g/mol. The smallest absolute Gasteiger partial charge is 0.490 e. The van der Waals surface area contributed by atoms with Crippen LogP contribution in [-0.2, 0) is 26.2 Å². The zero-order valence-electron chi connectivity index (χ0n) is 21.6. The third kappa shape index (κ3) is 9.71. The van der Waals surface area contributed by atoms with Crippen LogP contribution >= 0.6 is 0 Å². The number of nitrogens with one attached hydrogen (secondary N) is 1. The van der Waals surface area contributed by atoms with Crippen LogP contribution in [0.2, 0.25) is 0 Å². The number of rotatable bonds is 10. The van der Waals surface area contributed by atoms with Crippen molar-refractivity contribution in [2.45, 2.75) is 31.0 Å². The lowest BCUT2D eigenvalue weighted by Crippen LogP contribution is -2.47. The molecule has 2 aromatic rings. The summed E-state index contributed by atoms with van der Waals surface area (Å²) in [7, 11) is -2.29. The van der Waals surface area contributed by atoms with E-state index in [1.165, 1.54) is 16.4 Å². The Morgan fingerprint density at radius 2 is 1.67 bits per heavy atom. The second-order valence-corrected chi connectivity index (χ2v) is 10.2. The number of hydrogen-bond acceptors (Lipinski definition) is 7. The third-order valence-corrected chi connectivity index (χ3v) is 7.46. The van der Waals surface area contributed by atoms with Crippen LogP contribution in [0.15, 0.2) is 53.4 Å². The molecule has 14 heteroatoms. The summed E-state index contributed by atoms with van der Waals surface area (Å²) < 4.78 is 70.9. The van der Waals surface area contributed by atoms with Gasteiger partial charge in [-0.05, 0) is 37.3 Å². The molecule has 1 fully saturated rings. The molecule has 0 saturated carbocycles. The molecule has 1 aliphatic heterocycles. The summed E-state index contributed by atoms with van der Waals surface area (Å²) in [5.74, 6) is -1.59. The van der Waals surface area contributed by atoms with Gasteiger partial charge in [-0.1, -0.05) is 18.2 Å². The second-order valence-electron chi connectivity index (χ2n) is 8.24. The van der Waals surface area contributed by atoms with E-state index in [0.29, 0.717) is 31.2 Å². The number of amides is 1. The molecule has 1 aliphatic rings. The summed E-state index contributed by atoms with van der Waals surface area (Å²) in [5.41, 5.74) is 0.735. The number of hydrogen-bond donors (Lipinski definition) is 2. The van der Waals surface area contributed by atoms with Gasteiger partial charge in [0.25, 0.3) is 0 Å². The Morgan fingerprint density at radius 1 is 1.08 bits per heavy atom. The molecular formula is C25H32F3N3O7S. The summed E-state index contributed by atoms with van der Waals surface area (Å²) in [6, 6.07) is 13.7. The minimum atomic E-state index is -5.08. The van der Waals surface area contributed by atoms with E-state index < -0.39 is 22.2 Å². The summed E-state index contributed by atoms with van der Waals surface area (Å²) in [6.45, 7) is 5.33. The lowest BCUT2D eigenvalue weighted by Gasteiger charge is -2.29. The van der Waals surface area contributed by atoms with Gasteiger partial charge >= 0.3 is 12.1 Å². The minimum Gasteiger partial charge on any atom is -0.496 e. The Balaban J connectivity index is 0.000000673. The Kier molecular flexibility index (Phi) is 12.0. The standard InChI is InChI=1S/C23H31N3O5S.C2HF3O2/c1-3-31-20-8-10-21(11-9-20)32(28,29)26(18-19-6-4-5-7-22(19)30-2)15-12-23(27)25-16-13-24-14-17-25;3-2(4,5)1(6)7/h4-11,24H,3,12-18H2,1-2H3;(H,6,7). The average Bonchev–Trinajstić information content (AvgIpc) is 2.91. The number of carbonyl (C=O) groups excluding carboxylic acids is 1. The first kappa shape index (κ1) is 31.9. The van der Waals surface area contributed by atoms with Crippen LogP contribution in [-0.4, -0.2) is 87.2 Å². The van der Waals surface area contributed by atoms with Gasteiger partial charge in [-0.2, -0.15) is 17.5 Å².